The quantitative estimate of drug-likeness (QED) is 0.177. The topological polar surface area (TPSA) is 31.2 Å². The molecule has 0 radical (unpaired) electrons. The number of ether oxygens (including phenoxy) is 1. The van der Waals surface area contributed by atoms with Crippen LogP contribution in [0.4, 0.5) is 0 Å². The Morgan fingerprint density at radius 2 is 1.15 bits per heavy atom. The summed E-state index contributed by atoms with van der Waals surface area (Å²) in [5.74, 6) is 1.31. The maximum absolute atomic E-state index is 6.67. The molecule has 0 amide bonds. The number of fused-ring (bicyclic) bond motifs is 20. The van der Waals surface area contributed by atoms with Gasteiger partial charge in [0.05, 0.1) is 43.9 Å². The second-order valence-corrected chi connectivity index (χ2v) is 13.2. The molecule has 0 saturated carbocycles. The molecular formula is C42H22N2O2. The molecule has 46 heavy (non-hydrogen) atoms. The number of allylic oxidation sites excluding steroid dienone is 2. The Hall–Kier alpha value is -6.00. The number of hydrogen-bond acceptors (Lipinski definition) is 2. The molecule has 4 heteroatoms. The minimum absolute atomic E-state index is 0.0663. The van der Waals surface area contributed by atoms with Gasteiger partial charge in [0, 0.05) is 54.6 Å². The summed E-state index contributed by atoms with van der Waals surface area (Å²) in [6, 6.07) is 35.8. The van der Waals surface area contributed by atoms with Crippen LogP contribution >= 0.6 is 0 Å². The van der Waals surface area contributed by atoms with Crippen LogP contribution in [-0.2, 0) is 0 Å². The van der Waals surface area contributed by atoms with Gasteiger partial charge in [0.25, 0.3) is 0 Å². The van der Waals surface area contributed by atoms with E-state index in [1.54, 1.807) is 0 Å². The van der Waals surface area contributed by atoms with Gasteiger partial charge >= 0.3 is 0 Å². The molecule has 0 spiro atoms. The predicted octanol–water partition coefficient (Wildman–Crippen LogP) is 10.9. The van der Waals surface area contributed by atoms with Gasteiger partial charge in [0.2, 0.25) is 0 Å². The smallest absolute Gasteiger partial charge is 0.145 e. The van der Waals surface area contributed by atoms with Crippen molar-refractivity contribution < 1.29 is 9.15 Å². The summed E-state index contributed by atoms with van der Waals surface area (Å²) >= 11 is 0. The number of hydrogen-bond donors (Lipinski definition) is 0. The third-order valence-corrected chi connectivity index (χ3v) is 11.1. The summed E-state index contributed by atoms with van der Waals surface area (Å²) in [6.45, 7) is 0. The summed E-state index contributed by atoms with van der Waals surface area (Å²) in [5, 5.41) is 12.3. The molecule has 0 saturated heterocycles. The zero-order valence-corrected chi connectivity index (χ0v) is 24.4. The van der Waals surface area contributed by atoms with Crippen LogP contribution in [0, 0.1) is 0 Å². The monoisotopic (exact) mass is 586 g/mol. The van der Waals surface area contributed by atoms with E-state index in [9.17, 15) is 0 Å². The van der Waals surface area contributed by atoms with Crippen LogP contribution in [0.2, 0.25) is 0 Å². The van der Waals surface area contributed by atoms with Crippen LogP contribution in [-0.4, -0.2) is 14.9 Å². The van der Waals surface area contributed by atoms with E-state index >= 15 is 0 Å². The Morgan fingerprint density at radius 1 is 0.500 bits per heavy atom. The molecule has 2 aliphatic rings. The van der Waals surface area contributed by atoms with Gasteiger partial charge in [-0.2, -0.15) is 0 Å². The number of rotatable bonds is 0. The second kappa shape index (κ2) is 7.27. The van der Waals surface area contributed by atoms with E-state index < -0.39 is 0 Å². The molecule has 5 aromatic heterocycles. The minimum Gasteiger partial charge on any atom is -0.484 e. The molecule has 0 bridgehead atoms. The van der Waals surface area contributed by atoms with Crippen molar-refractivity contribution in [2.24, 2.45) is 0 Å². The third-order valence-electron chi connectivity index (χ3n) is 11.1. The van der Waals surface area contributed by atoms with Crippen LogP contribution in [0.15, 0.2) is 126 Å². The van der Waals surface area contributed by atoms with Gasteiger partial charge in [-0.25, -0.2) is 0 Å². The minimum atomic E-state index is 0.0663. The Balaban J connectivity index is 1.19. The first-order valence-corrected chi connectivity index (χ1v) is 16.0. The SMILES string of the molecule is C1=CC2Oc3c(ccc4c3c3cccc5c6cc7c(cc6n4c53)c3cccc4c5c6oc8ccccc8c6ccc5n7c34)C2C=C1. The van der Waals surface area contributed by atoms with Crippen molar-refractivity contribution >= 4 is 98.1 Å². The highest BCUT2D eigenvalue weighted by molar-refractivity contribution is 6.32. The van der Waals surface area contributed by atoms with Gasteiger partial charge in [-0.3, -0.25) is 0 Å². The molecule has 13 rings (SSSR count). The normalized spacial score (nSPS) is 18.0. The molecule has 2 unspecified atom stereocenters. The second-order valence-electron chi connectivity index (χ2n) is 13.2. The highest BCUT2D eigenvalue weighted by atomic mass is 16.5. The molecule has 1 aliphatic carbocycles. The number of benzene rings is 6. The van der Waals surface area contributed by atoms with Crippen LogP contribution in [0.25, 0.3) is 98.1 Å². The Kier molecular flexibility index (Phi) is 3.56. The van der Waals surface area contributed by atoms with Gasteiger partial charge in [-0.05, 0) is 42.5 Å². The van der Waals surface area contributed by atoms with Gasteiger partial charge in [0.1, 0.15) is 23.0 Å². The first kappa shape index (κ1) is 22.5. The molecule has 1 aliphatic heterocycles. The molecule has 212 valence electrons. The van der Waals surface area contributed by atoms with E-state index in [0.717, 1.165) is 22.3 Å². The lowest BCUT2D eigenvalue weighted by molar-refractivity contribution is 0.271. The summed E-state index contributed by atoms with van der Waals surface area (Å²) in [7, 11) is 0. The molecule has 2 atom stereocenters. The van der Waals surface area contributed by atoms with E-state index in [1.807, 2.05) is 6.07 Å². The number of para-hydroxylation sites is 3. The fourth-order valence-electron chi connectivity index (χ4n) is 9.29. The van der Waals surface area contributed by atoms with Crippen LogP contribution in [0.3, 0.4) is 0 Å². The van der Waals surface area contributed by atoms with Crippen LogP contribution in [0.1, 0.15) is 11.5 Å². The van der Waals surface area contributed by atoms with Gasteiger partial charge in [0.15, 0.2) is 0 Å². The predicted molar refractivity (Wildman–Crippen MR) is 188 cm³/mol. The zero-order chi connectivity index (χ0) is 29.4. The summed E-state index contributed by atoms with van der Waals surface area (Å²) in [5.41, 5.74) is 10.6. The third kappa shape index (κ3) is 2.31. The number of nitrogens with zero attached hydrogens (tertiary/aromatic N) is 2. The highest BCUT2D eigenvalue weighted by Gasteiger charge is 2.35. The lowest BCUT2D eigenvalue weighted by Gasteiger charge is -2.13. The lowest BCUT2D eigenvalue weighted by atomic mass is 9.91. The summed E-state index contributed by atoms with van der Waals surface area (Å²) in [6.07, 6.45) is 8.77. The Morgan fingerprint density at radius 3 is 1.96 bits per heavy atom. The first-order chi connectivity index (χ1) is 22.8. The largest absolute Gasteiger partial charge is 0.484 e. The van der Waals surface area contributed by atoms with Gasteiger partial charge < -0.3 is 18.0 Å². The Labute approximate surface area is 260 Å². The summed E-state index contributed by atoms with van der Waals surface area (Å²) in [4.78, 5) is 0. The maximum Gasteiger partial charge on any atom is 0.145 e. The molecule has 6 aromatic carbocycles. The van der Waals surface area contributed by atoms with Crippen molar-refractivity contribution in [1.29, 1.82) is 0 Å². The van der Waals surface area contributed by atoms with E-state index in [1.165, 1.54) is 87.1 Å². The average molecular weight is 587 g/mol. The number of furan rings is 1. The molecule has 4 nitrogen and oxygen atoms in total. The standard InChI is InChI=1S/C42H22N2O2/c1-3-13-35-21(7-1)25-15-17-31-37(41(25)45-35)27-11-5-9-23-29-20-34-30(19-33(29)43(31)39(23)27)24-10-6-12-28-38-32(44(34)40(24)28)18-16-26-22-8-2-4-14-36(22)46-42(26)38/h1-21,35H. The molecule has 0 N–H and O–H groups in total. The van der Waals surface area contributed by atoms with Crippen molar-refractivity contribution in [1.82, 2.24) is 8.80 Å². The fraction of sp³-hybridized carbons (Fsp3) is 0.0476. The van der Waals surface area contributed by atoms with Crippen LogP contribution < -0.4 is 4.74 Å². The van der Waals surface area contributed by atoms with Crippen molar-refractivity contribution in [3.05, 3.63) is 127 Å². The summed E-state index contributed by atoms with van der Waals surface area (Å²) < 4.78 is 18.2. The average Bonchev–Trinajstić information content (AvgIpc) is 3.92. The molecule has 11 aromatic rings. The molecule has 0 fully saturated rings. The van der Waals surface area contributed by atoms with Gasteiger partial charge in [-0.15, -0.1) is 0 Å². The number of aromatic nitrogens is 2. The molecule has 6 heterocycles. The maximum atomic E-state index is 6.67. The van der Waals surface area contributed by atoms with E-state index in [-0.39, 0.29) is 12.0 Å². The van der Waals surface area contributed by atoms with Crippen molar-refractivity contribution in [3.8, 4) is 5.75 Å². The van der Waals surface area contributed by atoms with Crippen molar-refractivity contribution in [3.63, 3.8) is 0 Å². The fourth-order valence-corrected chi connectivity index (χ4v) is 9.29. The van der Waals surface area contributed by atoms with E-state index in [4.69, 9.17) is 9.15 Å². The Bertz CT molecular complexity index is 3240. The van der Waals surface area contributed by atoms with Crippen LogP contribution in [0.5, 0.6) is 5.75 Å². The van der Waals surface area contributed by atoms with Gasteiger partial charge in [-0.1, -0.05) is 78.9 Å². The first-order valence-electron chi connectivity index (χ1n) is 16.0. The molecular weight excluding hydrogens is 564 g/mol. The van der Waals surface area contributed by atoms with E-state index in [2.05, 4.69) is 124 Å². The lowest BCUT2D eigenvalue weighted by Crippen LogP contribution is -2.15. The zero-order valence-electron chi connectivity index (χ0n) is 24.4. The highest BCUT2D eigenvalue weighted by Crippen LogP contribution is 2.51. The van der Waals surface area contributed by atoms with E-state index in [0.29, 0.717) is 0 Å². The van der Waals surface area contributed by atoms with Crippen molar-refractivity contribution in [2.45, 2.75) is 12.0 Å². The van der Waals surface area contributed by atoms with Crippen molar-refractivity contribution in [2.75, 3.05) is 0 Å².